The maximum atomic E-state index is 11.2. The van der Waals surface area contributed by atoms with Crippen molar-refractivity contribution in [1.29, 1.82) is 0 Å². The van der Waals surface area contributed by atoms with Gasteiger partial charge < -0.3 is 30.6 Å². The van der Waals surface area contributed by atoms with Gasteiger partial charge in [0.2, 0.25) is 0 Å². The molecule has 3 aromatic heterocycles. The summed E-state index contributed by atoms with van der Waals surface area (Å²) in [6.07, 6.45) is 8.96. The number of nitrogens with one attached hydrogen (secondary N) is 2. The summed E-state index contributed by atoms with van der Waals surface area (Å²) in [6.45, 7) is 2.07. The van der Waals surface area contributed by atoms with E-state index in [4.69, 9.17) is 4.98 Å². The van der Waals surface area contributed by atoms with Crippen molar-refractivity contribution in [3.8, 4) is 11.3 Å². The Morgan fingerprint density at radius 2 is 1.75 bits per heavy atom. The van der Waals surface area contributed by atoms with E-state index in [1.54, 1.807) is 24.8 Å². The van der Waals surface area contributed by atoms with E-state index in [1.807, 2.05) is 24.3 Å². The predicted molar refractivity (Wildman–Crippen MR) is 136 cm³/mol. The molecule has 11 heteroatoms. The first-order valence-electron chi connectivity index (χ1n) is 12.2. The van der Waals surface area contributed by atoms with Crippen molar-refractivity contribution in [2.75, 3.05) is 41.7 Å². The van der Waals surface area contributed by atoms with Crippen molar-refractivity contribution in [3.05, 3.63) is 49.1 Å². The van der Waals surface area contributed by atoms with E-state index < -0.39 is 6.09 Å². The fraction of sp³-hybridized carbons (Fsp3) is 0.400. The van der Waals surface area contributed by atoms with Gasteiger partial charge in [0.05, 0.1) is 18.0 Å². The van der Waals surface area contributed by atoms with Crippen LogP contribution in [0.1, 0.15) is 25.7 Å². The van der Waals surface area contributed by atoms with Crippen LogP contribution in [0.4, 0.5) is 27.9 Å². The Labute approximate surface area is 209 Å². The van der Waals surface area contributed by atoms with Gasteiger partial charge in [-0.3, -0.25) is 4.98 Å². The number of aromatic nitrogens is 4. The van der Waals surface area contributed by atoms with E-state index in [1.165, 1.54) is 4.90 Å². The number of carbonyl (C=O) groups is 1. The molecule has 2 aliphatic rings. The van der Waals surface area contributed by atoms with E-state index in [0.717, 1.165) is 48.4 Å². The topological polar surface area (TPSA) is 140 Å². The third-order valence-corrected chi connectivity index (χ3v) is 6.63. The molecule has 0 radical (unpaired) electrons. The van der Waals surface area contributed by atoms with E-state index in [-0.39, 0.29) is 12.1 Å². The number of anilines is 4. The van der Waals surface area contributed by atoms with Crippen LogP contribution in [-0.4, -0.2) is 79.5 Å². The Morgan fingerprint density at radius 1 is 0.944 bits per heavy atom. The highest BCUT2D eigenvalue weighted by atomic mass is 16.4. The summed E-state index contributed by atoms with van der Waals surface area (Å²) >= 11 is 0. The lowest BCUT2D eigenvalue weighted by Crippen LogP contribution is -2.48. The van der Waals surface area contributed by atoms with Gasteiger partial charge in [0.25, 0.3) is 0 Å². The number of piperazine rings is 1. The second-order valence-corrected chi connectivity index (χ2v) is 9.15. The summed E-state index contributed by atoms with van der Waals surface area (Å²) in [5.41, 5.74) is 2.61. The average Bonchev–Trinajstić information content (AvgIpc) is 2.91. The molecule has 3 aromatic rings. The highest BCUT2D eigenvalue weighted by molar-refractivity contribution is 5.71. The Bertz CT molecular complexity index is 1180. The quantitative estimate of drug-likeness (QED) is 0.407. The molecule has 0 spiro atoms. The summed E-state index contributed by atoms with van der Waals surface area (Å²) < 4.78 is 0. The van der Waals surface area contributed by atoms with Crippen molar-refractivity contribution in [2.45, 2.75) is 37.8 Å². The molecule has 4 N–H and O–H groups in total. The van der Waals surface area contributed by atoms with Crippen LogP contribution < -0.4 is 15.5 Å². The monoisotopic (exact) mass is 490 g/mol. The van der Waals surface area contributed by atoms with Crippen LogP contribution in [0, 0.1) is 0 Å². The first-order valence-corrected chi connectivity index (χ1v) is 12.2. The lowest BCUT2D eigenvalue weighted by atomic mass is 9.93. The standard InChI is InChI=1S/C25H30N8O3/c34-20-3-1-18(2-4-20)29-19-14-21(30-22(15-19)31-23-16-26-7-8-27-23)17-5-6-28-24(13-17)32-9-11-33(12-10-32)25(35)36/h5-8,13-16,18,20,34H,1-4,9-12H2,(H,35,36)(H2,27,29,30,31). The van der Waals surface area contributed by atoms with E-state index in [2.05, 4.69) is 30.5 Å². The molecule has 4 heterocycles. The molecule has 1 aliphatic heterocycles. The summed E-state index contributed by atoms with van der Waals surface area (Å²) in [4.78, 5) is 32.5. The van der Waals surface area contributed by atoms with Crippen molar-refractivity contribution >= 4 is 29.2 Å². The number of aliphatic hydroxyl groups is 1. The largest absolute Gasteiger partial charge is 0.465 e. The minimum Gasteiger partial charge on any atom is -0.465 e. The predicted octanol–water partition coefficient (Wildman–Crippen LogP) is 3.19. The lowest BCUT2D eigenvalue weighted by molar-refractivity contribution is 0.126. The summed E-state index contributed by atoms with van der Waals surface area (Å²) in [7, 11) is 0. The maximum Gasteiger partial charge on any atom is 0.407 e. The van der Waals surface area contributed by atoms with Crippen LogP contribution in [0.2, 0.25) is 0 Å². The SMILES string of the molecule is O=C(O)N1CCN(c2cc(-c3cc(NC4CCC(O)CC4)cc(Nc4cnccn4)n3)ccn2)CC1. The van der Waals surface area contributed by atoms with Gasteiger partial charge >= 0.3 is 6.09 Å². The van der Waals surface area contributed by atoms with Crippen LogP contribution in [-0.2, 0) is 0 Å². The zero-order valence-corrected chi connectivity index (χ0v) is 19.9. The third kappa shape index (κ3) is 5.80. The summed E-state index contributed by atoms with van der Waals surface area (Å²) in [6, 6.07) is 8.18. The van der Waals surface area contributed by atoms with Crippen molar-refractivity contribution in [1.82, 2.24) is 24.8 Å². The van der Waals surface area contributed by atoms with Crippen LogP contribution in [0.15, 0.2) is 49.1 Å². The molecule has 2 fully saturated rings. The molecule has 1 saturated carbocycles. The molecular weight excluding hydrogens is 460 g/mol. The third-order valence-electron chi connectivity index (χ3n) is 6.63. The van der Waals surface area contributed by atoms with Gasteiger partial charge in [-0.25, -0.2) is 19.7 Å². The minimum absolute atomic E-state index is 0.211. The van der Waals surface area contributed by atoms with Gasteiger partial charge in [0.15, 0.2) is 0 Å². The highest BCUT2D eigenvalue weighted by Gasteiger charge is 2.22. The molecule has 1 amide bonds. The molecule has 5 rings (SSSR count). The van der Waals surface area contributed by atoms with Crippen molar-refractivity contribution < 1.29 is 15.0 Å². The molecule has 0 bridgehead atoms. The van der Waals surface area contributed by atoms with Gasteiger partial charge in [0, 0.05) is 68.1 Å². The molecule has 11 nitrogen and oxygen atoms in total. The normalized spacial score (nSPS) is 20.1. The fourth-order valence-electron chi connectivity index (χ4n) is 4.65. The Hall–Kier alpha value is -3.99. The van der Waals surface area contributed by atoms with Gasteiger partial charge in [-0.15, -0.1) is 0 Å². The highest BCUT2D eigenvalue weighted by Crippen LogP contribution is 2.29. The molecular formula is C25H30N8O3. The number of aliphatic hydroxyl groups excluding tert-OH is 1. The number of pyridine rings is 2. The number of rotatable bonds is 6. The molecule has 188 valence electrons. The van der Waals surface area contributed by atoms with Crippen molar-refractivity contribution in [2.24, 2.45) is 0 Å². The number of amides is 1. The second-order valence-electron chi connectivity index (χ2n) is 9.15. The average molecular weight is 491 g/mol. The van der Waals surface area contributed by atoms with Crippen LogP contribution in [0.25, 0.3) is 11.3 Å². The Kier molecular flexibility index (Phi) is 7.08. The maximum absolute atomic E-state index is 11.2. The number of hydrogen-bond donors (Lipinski definition) is 4. The number of hydrogen-bond acceptors (Lipinski definition) is 9. The van der Waals surface area contributed by atoms with E-state index in [0.29, 0.717) is 37.8 Å². The van der Waals surface area contributed by atoms with Crippen LogP contribution in [0.3, 0.4) is 0 Å². The molecule has 0 atom stereocenters. The second kappa shape index (κ2) is 10.7. The smallest absolute Gasteiger partial charge is 0.407 e. The Balaban J connectivity index is 1.40. The first-order chi connectivity index (χ1) is 17.5. The summed E-state index contributed by atoms with van der Waals surface area (Å²) in [5, 5.41) is 26.0. The number of carboxylic acid groups (broad SMARTS) is 1. The molecule has 1 aliphatic carbocycles. The number of nitrogens with zero attached hydrogens (tertiary/aromatic N) is 6. The van der Waals surface area contributed by atoms with Crippen molar-refractivity contribution in [3.63, 3.8) is 0 Å². The molecule has 36 heavy (non-hydrogen) atoms. The fourth-order valence-corrected chi connectivity index (χ4v) is 4.65. The van der Waals surface area contributed by atoms with E-state index >= 15 is 0 Å². The minimum atomic E-state index is -0.888. The van der Waals surface area contributed by atoms with Crippen LogP contribution >= 0.6 is 0 Å². The van der Waals surface area contributed by atoms with Gasteiger partial charge in [-0.1, -0.05) is 0 Å². The first kappa shape index (κ1) is 23.7. The van der Waals surface area contributed by atoms with Gasteiger partial charge in [0.1, 0.15) is 17.5 Å². The summed E-state index contributed by atoms with van der Waals surface area (Å²) in [5.74, 6) is 2.03. The molecule has 0 aromatic carbocycles. The lowest BCUT2D eigenvalue weighted by Gasteiger charge is -2.34. The van der Waals surface area contributed by atoms with E-state index in [9.17, 15) is 15.0 Å². The molecule has 0 unspecified atom stereocenters. The zero-order chi connectivity index (χ0) is 24.9. The van der Waals surface area contributed by atoms with Gasteiger partial charge in [-0.2, -0.15) is 0 Å². The zero-order valence-electron chi connectivity index (χ0n) is 19.9. The Morgan fingerprint density at radius 3 is 2.47 bits per heavy atom. The van der Waals surface area contributed by atoms with Gasteiger partial charge in [-0.05, 0) is 43.9 Å². The van der Waals surface area contributed by atoms with Crippen LogP contribution in [0.5, 0.6) is 0 Å². The molecule has 1 saturated heterocycles.